The maximum absolute atomic E-state index is 14.3. The van der Waals surface area contributed by atoms with Gasteiger partial charge in [-0.1, -0.05) is 0 Å². The summed E-state index contributed by atoms with van der Waals surface area (Å²) < 4.78 is 33.2. The quantitative estimate of drug-likeness (QED) is 0.838. The highest BCUT2D eigenvalue weighted by molar-refractivity contribution is 5.74. The van der Waals surface area contributed by atoms with Crippen molar-refractivity contribution in [2.45, 2.75) is 25.4 Å². The summed E-state index contributed by atoms with van der Waals surface area (Å²) in [5, 5.41) is 0. The lowest BCUT2D eigenvalue weighted by atomic mass is 9.94. The number of fused-ring (bicyclic) bond motifs is 4. The van der Waals surface area contributed by atoms with Crippen molar-refractivity contribution >= 4 is 6.03 Å². The molecule has 2 amide bonds. The molecule has 3 aliphatic heterocycles. The van der Waals surface area contributed by atoms with E-state index in [-0.39, 0.29) is 24.2 Å². The molecule has 138 valence electrons. The molecule has 5 nitrogen and oxygen atoms in total. The molecule has 0 aliphatic carbocycles. The van der Waals surface area contributed by atoms with E-state index in [2.05, 4.69) is 4.90 Å². The smallest absolute Gasteiger partial charge is 0.319 e. The largest absolute Gasteiger partial charge is 0.496 e. The fourth-order valence-corrected chi connectivity index (χ4v) is 3.93. The maximum Gasteiger partial charge on any atom is 0.319 e. The summed E-state index contributed by atoms with van der Waals surface area (Å²) in [6, 6.07) is 2.71. The van der Waals surface area contributed by atoms with Crippen molar-refractivity contribution in [3.05, 3.63) is 29.3 Å². The fourth-order valence-electron chi connectivity index (χ4n) is 3.93. The van der Waals surface area contributed by atoms with Crippen molar-refractivity contribution in [1.82, 2.24) is 14.7 Å². The summed E-state index contributed by atoms with van der Waals surface area (Å²) in [4.78, 5) is 18.0. The Morgan fingerprint density at radius 2 is 2.00 bits per heavy atom. The number of nitrogens with zero attached hydrogens (tertiary/aromatic N) is 3. The minimum atomic E-state index is -0.861. The minimum absolute atomic E-state index is 0.00765. The van der Waals surface area contributed by atoms with E-state index < -0.39 is 11.6 Å². The number of urea groups is 1. The SMILES string of the molecule is COc1ccc(F)c(F)c1CN1C[C@@H]2CC[C@H]1CN(C(=O)N(C)C)C2. The summed E-state index contributed by atoms with van der Waals surface area (Å²) in [5.41, 5.74) is 0.250. The Bertz CT molecular complexity index is 653. The van der Waals surface area contributed by atoms with Gasteiger partial charge in [0.15, 0.2) is 11.6 Å². The van der Waals surface area contributed by atoms with Crippen LogP contribution in [0.3, 0.4) is 0 Å². The van der Waals surface area contributed by atoms with Crippen molar-refractivity contribution in [1.29, 1.82) is 0 Å². The molecule has 25 heavy (non-hydrogen) atoms. The van der Waals surface area contributed by atoms with Crippen LogP contribution in [0.15, 0.2) is 12.1 Å². The minimum Gasteiger partial charge on any atom is -0.496 e. The third-order valence-corrected chi connectivity index (χ3v) is 5.21. The van der Waals surface area contributed by atoms with Crippen molar-refractivity contribution in [2.24, 2.45) is 5.92 Å². The number of ether oxygens (including phenoxy) is 1. The van der Waals surface area contributed by atoms with Crippen LogP contribution in [-0.2, 0) is 6.54 Å². The van der Waals surface area contributed by atoms with Crippen molar-refractivity contribution in [2.75, 3.05) is 40.8 Å². The molecule has 0 aromatic heterocycles. The number of carbonyl (C=O) groups is 1. The Morgan fingerprint density at radius 3 is 2.68 bits per heavy atom. The number of benzene rings is 1. The molecule has 1 aromatic rings. The Morgan fingerprint density at radius 1 is 1.24 bits per heavy atom. The van der Waals surface area contributed by atoms with E-state index in [9.17, 15) is 13.6 Å². The van der Waals surface area contributed by atoms with Crippen molar-refractivity contribution in [3.63, 3.8) is 0 Å². The second kappa shape index (κ2) is 7.15. The molecule has 3 heterocycles. The van der Waals surface area contributed by atoms with E-state index in [1.54, 1.807) is 19.0 Å². The maximum atomic E-state index is 14.3. The van der Waals surface area contributed by atoms with Gasteiger partial charge in [-0.15, -0.1) is 0 Å². The zero-order valence-electron chi connectivity index (χ0n) is 15.0. The molecule has 7 heteroatoms. The second-order valence-electron chi connectivity index (χ2n) is 7.15. The van der Waals surface area contributed by atoms with Crippen LogP contribution in [0.2, 0.25) is 0 Å². The van der Waals surface area contributed by atoms with Crippen LogP contribution in [0.25, 0.3) is 0 Å². The molecule has 3 fully saturated rings. The van der Waals surface area contributed by atoms with E-state index >= 15 is 0 Å². The topological polar surface area (TPSA) is 36.0 Å². The van der Waals surface area contributed by atoms with E-state index in [4.69, 9.17) is 4.74 Å². The van der Waals surface area contributed by atoms with E-state index in [1.807, 2.05) is 4.90 Å². The molecule has 3 saturated heterocycles. The second-order valence-corrected chi connectivity index (χ2v) is 7.15. The van der Waals surface area contributed by atoms with Gasteiger partial charge in [0.2, 0.25) is 0 Å². The lowest BCUT2D eigenvalue weighted by Crippen LogP contribution is -2.45. The molecule has 1 aromatic carbocycles. The van der Waals surface area contributed by atoms with Gasteiger partial charge in [0.1, 0.15) is 5.75 Å². The first kappa shape index (κ1) is 17.9. The molecule has 3 aliphatic rings. The highest BCUT2D eigenvalue weighted by Gasteiger charge is 2.37. The third-order valence-electron chi connectivity index (χ3n) is 5.21. The number of halogens is 2. The third kappa shape index (κ3) is 3.56. The Hall–Kier alpha value is -1.89. The molecule has 0 spiro atoms. The Kier molecular flexibility index (Phi) is 5.13. The zero-order valence-corrected chi connectivity index (χ0v) is 15.0. The fraction of sp³-hybridized carbons (Fsp3) is 0.611. The summed E-state index contributed by atoms with van der Waals surface area (Å²) in [5.74, 6) is -0.994. The standard InChI is InChI=1S/C18H25F2N3O2/c1-21(2)18(24)23-9-12-4-5-13(10-23)22(8-12)11-14-16(25-3)7-6-15(19)17(14)20/h6-7,12-13H,4-5,8-11H2,1-3H3/t12-,13-/m0/s1. The molecule has 2 atom stereocenters. The summed E-state index contributed by atoms with van der Waals surface area (Å²) in [6.07, 6.45) is 2.02. The van der Waals surface area contributed by atoms with Gasteiger partial charge in [-0.2, -0.15) is 0 Å². The van der Waals surface area contributed by atoms with Gasteiger partial charge in [0, 0.05) is 51.9 Å². The van der Waals surface area contributed by atoms with Gasteiger partial charge in [0.25, 0.3) is 0 Å². The number of amides is 2. The summed E-state index contributed by atoms with van der Waals surface area (Å²) >= 11 is 0. The van der Waals surface area contributed by atoms with Crippen LogP contribution in [0, 0.1) is 17.6 Å². The monoisotopic (exact) mass is 353 g/mol. The van der Waals surface area contributed by atoms with Crippen LogP contribution in [0.1, 0.15) is 18.4 Å². The number of rotatable bonds is 3. The van der Waals surface area contributed by atoms with Gasteiger partial charge in [-0.05, 0) is 30.9 Å². The van der Waals surface area contributed by atoms with Gasteiger partial charge < -0.3 is 14.5 Å². The average molecular weight is 353 g/mol. The first-order chi connectivity index (χ1) is 11.9. The molecule has 0 unspecified atom stereocenters. The Balaban J connectivity index is 1.81. The highest BCUT2D eigenvalue weighted by Crippen LogP contribution is 2.32. The summed E-state index contributed by atoms with van der Waals surface area (Å²) in [7, 11) is 4.96. The Labute approximate surface area is 147 Å². The lowest BCUT2D eigenvalue weighted by molar-refractivity contribution is 0.120. The predicted molar refractivity (Wildman–Crippen MR) is 90.5 cm³/mol. The van der Waals surface area contributed by atoms with Crippen LogP contribution >= 0.6 is 0 Å². The normalized spacial score (nSPS) is 23.5. The zero-order chi connectivity index (χ0) is 18.1. The van der Waals surface area contributed by atoms with Gasteiger partial charge >= 0.3 is 6.03 Å². The summed E-state index contributed by atoms with van der Waals surface area (Å²) in [6.45, 7) is 2.40. The molecule has 0 radical (unpaired) electrons. The van der Waals surface area contributed by atoms with Gasteiger partial charge in [-0.3, -0.25) is 4.90 Å². The lowest BCUT2D eigenvalue weighted by Gasteiger charge is -2.36. The van der Waals surface area contributed by atoms with Crippen LogP contribution in [-0.4, -0.2) is 67.6 Å². The van der Waals surface area contributed by atoms with Crippen LogP contribution in [0.4, 0.5) is 13.6 Å². The van der Waals surface area contributed by atoms with E-state index in [1.165, 1.54) is 13.2 Å². The number of hydrogen-bond donors (Lipinski definition) is 0. The van der Waals surface area contributed by atoms with Crippen LogP contribution < -0.4 is 4.74 Å². The first-order valence-corrected chi connectivity index (χ1v) is 8.61. The predicted octanol–water partition coefficient (Wildman–Crippen LogP) is 2.55. The van der Waals surface area contributed by atoms with Crippen LogP contribution in [0.5, 0.6) is 5.75 Å². The first-order valence-electron chi connectivity index (χ1n) is 8.61. The number of hydrogen-bond acceptors (Lipinski definition) is 3. The molecule has 0 saturated carbocycles. The number of carbonyl (C=O) groups excluding carboxylic acids is 1. The average Bonchev–Trinajstić information content (AvgIpc) is 2.90. The molecule has 2 bridgehead atoms. The number of methoxy groups -OCH3 is 1. The van der Waals surface area contributed by atoms with Crippen molar-refractivity contribution < 1.29 is 18.3 Å². The molecular weight excluding hydrogens is 328 g/mol. The van der Waals surface area contributed by atoms with Crippen molar-refractivity contribution in [3.8, 4) is 5.75 Å². The highest BCUT2D eigenvalue weighted by atomic mass is 19.2. The van der Waals surface area contributed by atoms with Gasteiger partial charge in [0.05, 0.1) is 7.11 Å². The van der Waals surface area contributed by atoms with E-state index in [0.29, 0.717) is 24.8 Å². The molecule has 4 rings (SSSR count). The van der Waals surface area contributed by atoms with E-state index in [0.717, 1.165) is 25.5 Å². The number of piperidine rings is 1. The van der Waals surface area contributed by atoms with Gasteiger partial charge in [-0.25, -0.2) is 13.6 Å². The molecular formula is C18H25F2N3O2. The molecule has 0 N–H and O–H groups in total.